The average molecular weight is 243 g/mol. The van der Waals surface area contributed by atoms with Gasteiger partial charge in [-0.2, -0.15) is 5.48 Å². The molecule has 94 valence electrons. The molecule has 3 nitrogen and oxygen atoms in total. The molecule has 1 N–H and O–H groups in total. The number of ether oxygens (including phenoxy) is 1. The number of nitrogens with one attached hydrogen (secondary N) is 1. The van der Waals surface area contributed by atoms with Crippen molar-refractivity contribution in [2.24, 2.45) is 0 Å². The molecule has 0 unspecified atom stereocenters. The van der Waals surface area contributed by atoms with Crippen molar-refractivity contribution in [2.75, 3.05) is 7.11 Å². The lowest BCUT2D eigenvalue weighted by molar-refractivity contribution is 0.0231. The molecule has 2 aromatic rings. The standard InChI is InChI=1S/C15H17NO2/c1-17-15-10-6-5-9-14(15)11-16-18-12-13-7-3-2-4-8-13/h2-10,16H,11-12H2,1H3. The number of methoxy groups -OCH3 is 1. The van der Waals surface area contributed by atoms with Crippen LogP contribution in [-0.4, -0.2) is 7.11 Å². The largest absolute Gasteiger partial charge is 0.496 e. The maximum Gasteiger partial charge on any atom is 0.123 e. The van der Waals surface area contributed by atoms with Gasteiger partial charge in [0.05, 0.1) is 13.7 Å². The Kier molecular flexibility index (Phi) is 4.76. The third kappa shape index (κ3) is 3.58. The fourth-order valence-electron chi connectivity index (χ4n) is 1.69. The smallest absolute Gasteiger partial charge is 0.123 e. The van der Waals surface area contributed by atoms with Gasteiger partial charge in [0.1, 0.15) is 5.75 Å². The van der Waals surface area contributed by atoms with Crippen LogP contribution in [0.2, 0.25) is 0 Å². The second-order valence-electron chi connectivity index (χ2n) is 3.91. The minimum absolute atomic E-state index is 0.552. The molecular weight excluding hydrogens is 226 g/mol. The summed E-state index contributed by atoms with van der Waals surface area (Å²) in [5.74, 6) is 0.869. The van der Waals surface area contributed by atoms with Gasteiger partial charge in [0.15, 0.2) is 0 Å². The normalized spacial score (nSPS) is 10.3. The van der Waals surface area contributed by atoms with Gasteiger partial charge in [-0.25, -0.2) is 0 Å². The highest BCUT2D eigenvalue weighted by Crippen LogP contribution is 2.16. The zero-order chi connectivity index (χ0) is 12.6. The molecule has 0 saturated heterocycles. The molecule has 0 aromatic heterocycles. The van der Waals surface area contributed by atoms with Crippen molar-refractivity contribution in [3.05, 3.63) is 65.7 Å². The summed E-state index contributed by atoms with van der Waals surface area (Å²) < 4.78 is 5.27. The highest BCUT2D eigenvalue weighted by molar-refractivity contribution is 5.32. The van der Waals surface area contributed by atoms with Crippen molar-refractivity contribution in [2.45, 2.75) is 13.2 Å². The quantitative estimate of drug-likeness (QED) is 0.625. The van der Waals surface area contributed by atoms with E-state index in [0.29, 0.717) is 13.2 Å². The molecule has 0 saturated carbocycles. The van der Waals surface area contributed by atoms with E-state index in [-0.39, 0.29) is 0 Å². The molecule has 0 spiro atoms. The average Bonchev–Trinajstić information content (AvgIpc) is 2.45. The van der Waals surface area contributed by atoms with E-state index in [0.717, 1.165) is 16.9 Å². The van der Waals surface area contributed by atoms with Gasteiger partial charge >= 0.3 is 0 Å². The van der Waals surface area contributed by atoms with Crippen molar-refractivity contribution in [3.8, 4) is 5.75 Å². The minimum atomic E-state index is 0.552. The first-order valence-electron chi connectivity index (χ1n) is 5.90. The van der Waals surface area contributed by atoms with Gasteiger partial charge < -0.3 is 4.74 Å². The Labute approximate surface area is 107 Å². The molecule has 0 aliphatic heterocycles. The van der Waals surface area contributed by atoms with Crippen molar-refractivity contribution < 1.29 is 9.57 Å². The van der Waals surface area contributed by atoms with Gasteiger partial charge in [0, 0.05) is 12.1 Å². The molecule has 0 atom stereocenters. The van der Waals surface area contributed by atoms with Crippen LogP contribution < -0.4 is 10.2 Å². The molecule has 0 amide bonds. The van der Waals surface area contributed by atoms with E-state index in [2.05, 4.69) is 5.48 Å². The highest BCUT2D eigenvalue weighted by Gasteiger charge is 2.00. The van der Waals surface area contributed by atoms with Crippen molar-refractivity contribution in [1.82, 2.24) is 5.48 Å². The summed E-state index contributed by atoms with van der Waals surface area (Å²) in [6.45, 7) is 1.17. The van der Waals surface area contributed by atoms with Crippen molar-refractivity contribution in [3.63, 3.8) is 0 Å². The Hall–Kier alpha value is -1.84. The van der Waals surface area contributed by atoms with Crippen LogP contribution in [0.4, 0.5) is 0 Å². The maximum absolute atomic E-state index is 5.42. The van der Waals surface area contributed by atoms with Crippen LogP contribution in [0, 0.1) is 0 Å². The Bertz CT molecular complexity index is 471. The lowest BCUT2D eigenvalue weighted by atomic mass is 10.2. The minimum Gasteiger partial charge on any atom is -0.496 e. The van der Waals surface area contributed by atoms with Crippen molar-refractivity contribution in [1.29, 1.82) is 0 Å². The van der Waals surface area contributed by atoms with E-state index in [1.165, 1.54) is 0 Å². The molecule has 0 aliphatic carbocycles. The number of hydrogen-bond acceptors (Lipinski definition) is 3. The number of hydrogen-bond donors (Lipinski definition) is 1. The molecule has 0 heterocycles. The van der Waals surface area contributed by atoms with Crippen LogP contribution in [0.15, 0.2) is 54.6 Å². The number of hydroxylamine groups is 1. The second-order valence-corrected chi connectivity index (χ2v) is 3.91. The number of benzene rings is 2. The summed E-state index contributed by atoms with van der Waals surface area (Å²) in [5.41, 5.74) is 5.17. The molecule has 0 bridgehead atoms. The zero-order valence-corrected chi connectivity index (χ0v) is 10.4. The first-order valence-corrected chi connectivity index (χ1v) is 5.90. The first kappa shape index (κ1) is 12.6. The Morgan fingerprint density at radius 2 is 1.67 bits per heavy atom. The summed E-state index contributed by atoms with van der Waals surface area (Å²) in [6, 6.07) is 17.9. The molecule has 2 aromatic carbocycles. The van der Waals surface area contributed by atoms with E-state index >= 15 is 0 Å². The summed E-state index contributed by atoms with van der Waals surface area (Å²) in [5, 5.41) is 0. The second kappa shape index (κ2) is 6.79. The molecule has 0 radical (unpaired) electrons. The van der Waals surface area contributed by atoms with Gasteiger partial charge in [-0.1, -0.05) is 48.5 Å². The first-order chi connectivity index (χ1) is 8.90. The predicted molar refractivity (Wildman–Crippen MR) is 71.1 cm³/mol. The fraction of sp³-hybridized carbons (Fsp3) is 0.200. The molecule has 18 heavy (non-hydrogen) atoms. The summed E-state index contributed by atoms with van der Waals surface area (Å²) in [6.07, 6.45) is 0. The SMILES string of the molecule is COc1ccccc1CNOCc1ccccc1. The third-order valence-corrected chi connectivity index (χ3v) is 2.64. The van der Waals surface area contributed by atoms with E-state index in [1.807, 2.05) is 54.6 Å². The van der Waals surface area contributed by atoms with E-state index in [1.54, 1.807) is 7.11 Å². The molecule has 0 aliphatic rings. The molecule has 0 fully saturated rings. The van der Waals surface area contributed by atoms with Gasteiger partial charge in [-0.3, -0.25) is 4.84 Å². The Morgan fingerprint density at radius 3 is 2.44 bits per heavy atom. The van der Waals surface area contributed by atoms with Crippen LogP contribution in [0.25, 0.3) is 0 Å². The van der Waals surface area contributed by atoms with Crippen LogP contribution in [0.1, 0.15) is 11.1 Å². The van der Waals surface area contributed by atoms with E-state index < -0.39 is 0 Å². The lowest BCUT2D eigenvalue weighted by Gasteiger charge is -2.09. The van der Waals surface area contributed by atoms with E-state index in [4.69, 9.17) is 9.57 Å². The Morgan fingerprint density at radius 1 is 0.944 bits per heavy atom. The predicted octanol–water partition coefficient (Wildman–Crippen LogP) is 2.92. The highest BCUT2D eigenvalue weighted by atomic mass is 16.6. The lowest BCUT2D eigenvalue weighted by Crippen LogP contribution is -2.14. The van der Waals surface area contributed by atoms with E-state index in [9.17, 15) is 0 Å². The van der Waals surface area contributed by atoms with Crippen LogP contribution in [-0.2, 0) is 18.0 Å². The molecule has 3 heteroatoms. The van der Waals surface area contributed by atoms with Crippen LogP contribution >= 0.6 is 0 Å². The molecular formula is C15H17NO2. The molecule has 2 rings (SSSR count). The van der Waals surface area contributed by atoms with Crippen LogP contribution in [0.5, 0.6) is 5.75 Å². The summed E-state index contributed by atoms with van der Waals surface area (Å²) in [4.78, 5) is 5.42. The Balaban J connectivity index is 1.78. The summed E-state index contributed by atoms with van der Waals surface area (Å²) >= 11 is 0. The van der Waals surface area contributed by atoms with Crippen molar-refractivity contribution >= 4 is 0 Å². The van der Waals surface area contributed by atoms with Gasteiger partial charge in [0.2, 0.25) is 0 Å². The van der Waals surface area contributed by atoms with Crippen LogP contribution in [0.3, 0.4) is 0 Å². The topological polar surface area (TPSA) is 30.5 Å². The third-order valence-electron chi connectivity index (χ3n) is 2.64. The fourth-order valence-corrected chi connectivity index (χ4v) is 1.69. The van der Waals surface area contributed by atoms with Gasteiger partial charge in [0.25, 0.3) is 0 Å². The van der Waals surface area contributed by atoms with Gasteiger partial charge in [-0.15, -0.1) is 0 Å². The number of para-hydroxylation sites is 1. The monoisotopic (exact) mass is 243 g/mol. The maximum atomic E-state index is 5.42. The van der Waals surface area contributed by atoms with Gasteiger partial charge in [-0.05, 0) is 11.6 Å². The summed E-state index contributed by atoms with van der Waals surface area (Å²) in [7, 11) is 1.67. The zero-order valence-electron chi connectivity index (χ0n) is 10.4. The number of rotatable bonds is 6.